The molecule has 2 rings (SSSR count). The first-order chi connectivity index (χ1) is 8.60. The van der Waals surface area contributed by atoms with Crippen LogP contribution in [0, 0.1) is 5.92 Å². The predicted octanol–water partition coefficient (Wildman–Crippen LogP) is 1.70. The van der Waals surface area contributed by atoms with Gasteiger partial charge in [-0.25, -0.2) is 0 Å². The highest BCUT2D eigenvalue weighted by Gasteiger charge is 2.23. The molecule has 0 radical (unpaired) electrons. The molecule has 1 heterocycles. The number of nitrogens with two attached hydrogens (primary N) is 1. The van der Waals surface area contributed by atoms with Crippen LogP contribution in [-0.4, -0.2) is 21.7 Å². The zero-order chi connectivity index (χ0) is 13.1. The van der Waals surface area contributed by atoms with Gasteiger partial charge in [-0.2, -0.15) is 5.10 Å². The van der Waals surface area contributed by atoms with Crippen LogP contribution in [0.1, 0.15) is 49.5 Å². The quantitative estimate of drug-likeness (QED) is 0.857. The minimum absolute atomic E-state index is 0.145. The molecule has 1 aromatic rings. The zero-order valence-electron chi connectivity index (χ0n) is 11.1. The van der Waals surface area contributed by atoms with Crippen molar-refractivity contribution in [2.45, 2.75) is 45.1 Å². The van der Waals surface area contributed by atoms with Crippen molar-refractivity contribution in [2.24, 2.45) is 13.0 Å². The molecular formula is C13H22N4O. The number of hydrogen-bond donors (Lipinski definition) is 2. The molecule has 5 nitrogen and oxygen atoms in total. The largest absolute Gasteiger partial charge is 0.396 e. The smallest absolute Gasteiger partial charge is 0.274 e. The van der Waals surface area contributed by atoms with Crippen LogP contribution in [0.25, 0.3) is 0 Å². The monoisotopic (exact) mass is 250 g/mol. The van der Waals surface area contributed by atoms with Crippen LogP contribution in [0.2, 0.25) is 0 Å². The number of anilines is 1. The first kappa shape index (κ1) is 12.9. The van der Waals surface area contributed by atoms with Crippen molar-refractivity contribution in [3.8, 4) is 0 Å². The van der Waals surface area contributed by atoms with Gasteiger partial charge in [0.05, 0.1) is 5.69 Å². The van der Waals surface area contributed by atoms with Crippen molar-refractivity contribution < 1.29 is 4.79 Å². The van der Waals surface area contributed by atoms with Crippen molar-refractivity contribution >= 4 is 11.6 Å². The fourth-order valence-electron chi connectivity index (χ4n) is 2.65. The van der Waals surface area contributed by atoms with E-state index in [2.05, 4.69) is 17.3 Å². The van der Waals surface area contributed by atoms with E-state index in [0.29, 0.717) is 11.4 Å². The van der Waals surface area contributed by atoms with Gasteiger partial charge in [0.1, 0.15) is 0 Å². The molecule has 5 heteroatoms. The summed E-state index contributed by atoms with van der Waals surface area (Å²) in [5, 5.41) is 7.13. The summed E-state index contributed by atoms with van der Waals surface area (Å²) in [5.41, 5.74) is 6.53. The SMILES string of the molecule is CCC1CCC(NC(=O)c2nn(C)cc2N)CC1. The van der Waals surface area contributed by atoms with E-state index in [-0.39, 0.29) is 11.9 Å². The highest BCUT2D eigenvalue weighted by atomic mass is 16.2. The molecule has 1 fully saturated rings. The number of carbonyl (C=O) groups excluding carboxylic acids is 1. The lowest BCUT2D eigenvalue weighted by molar-refractivity contribution is 0.0916. The summed E-state index contributed by atoms with van der Waals surface area (Å²) >= 11 is 0. The Balaban J connectivity index is 1.90. The topological polar surface area (TPSA) is 72.9 Å². The molecule has 1 aromatic heterocycles. The fourth-order valence-corrected chi connectivity index (χ4v) is 2.65. The third-order valence-corrected chi connectivity index (χ3v) is 3.83. The molecule has 3 N–H and O–H groups in total. The summed E-state index contributed by atoms with van der Waals surface area (Å²) in [6.07, 6.45) is 7.45. The second-order valence-corrected chi connectivity index (χ2v) is 5.21. The second-order valence-electron chi connectivity index (χ2n) is 5.21. The third-order valence-electron chi connectivity index (χ3n) is 3.83. The van der Waals surface area contributed by atoms with Crippen LogP contribution in [0.5, 0.6) is 0 Å². The van der Waals surface area contributed by atoms with Crippen molar-refractivity contribution in [3.63, 3.8) is 0 Å². The molecule has 1 aliphatic carbocycles. The third kappa shape index (κ3) is 2.83. The number of nitrogens with one attached hydrogen (secondary N) is 1. The summed E-state index contributed by atoms with van der Waals surface area (Å²) < 4.78 is 1.57. The van der Waals surface area contributed by atoms with E-state index in [1.807, 2.05) is 0 Å². The van der Waals surface area contributed by atoms with E-state index in [0.717, 1.165) is 18.8 Å². The van der Waals surface area contributed by atoms with Crippen LogP contribution in [-0.2, 0) is 7.05 Å². The van der Waals surface area contributed by atoms with Crippen molar-refractivity contribution in [1.82, 2.24) is 15.1 Å². The molecule has 0 aliphatic heterocycles. The predicted molar refractivity (Wildman–Crippen MR) is 71.1 cm³/mol. The van der Waals surface area contributed by atoms with Gasteiger partial charge in [0, 0.05) is 19.3 Å². The minimum Gasteiger partial charge on any atom is -0.396 e. The lowest BCUT2D eigenvalue weighted by atomic mass is 9.84. The number of rotatable bonds is 3. The minimum atomic E-state index is -0.145. The fraction of sp³-hybridized carbons (Fsp3) is 0.692. The van der Waals surface area contributed by atoms with Gasteiger partial charge in [-0.1, -0.05) is 13.3 Å². The molecular weight excluding hydrogens is 228 g/mol. The zero-order valence-corrected chi connectivity index (χ0v) is 11.1. The van der Waals surface area contributed by atoms with E-state index < -0.39 is 0 Å². The van der Waals surface area contributed by atoms with E-state index in [4.69, 9.17) is 5.73 Å². The highest BCUT2D eigenvalue weighted by Crippen LogP contribution is 2.26. The Morgan fingerprint density at radius 2 is 2.17 bits per heavy atom. The second kappa shape index (κ2) is 5.42. The summed E-state index contributed by atoms with van der Waals surface area (Å²) in [7, 11) is 1.76. The molecule has 0 saturated heterocycles. The average Bonchev–Trinajstić information content (AvgIpc) is 2.69. The molecule has 0 unspecified atom stereocenters. The standard InChI is InChI=1S/C13H22N4O/c1-3-9-4-6-10(7-5-9)15-13(18)12-11(14)8-17(2)16-12/h8-10H,3-7,14H2,1-2H3,(H,15,18). The highest BCUT2D eigenvalue weighted by molar-refractivity contribution is 5.97. The first-order valence-corrected chi connectivity index (χ1v) is 6.70. The molecule has 1 saturated carbocycles. The lowest BCUT2D eigenvalue weighted by Gasteiger charge is -2.28. The Morgan fingerprint density at radius 3 is 2.67 bits per heavy atom. The molecule has 1 amide bonds. The average molecular weight is 250 g/mol. The number of hydrogen-bond acceptors (Lipinski definition) is 3. The molecule has 1 aliphatic rings. The summed E-state index contributed by atoms with van der Waals surface area (Å²) in [6, 6.07) is 0.279. The van der Waals surface area contributed by atoms with Gasteiger partial charge < -0.3 is 11.1 Å². The summed E-state index contributed by atoms with van der Waals surface area (Å²) in [4.78, 5) is 12.0. The molecule has 0 atom stereocenters. The van der Waals surface area contributed by atoms with Crippen LogP contribution >= 0.6 is 0 Å². The van der Waals surface area contributed by atoms with Crippen molar-refractivity contribution in [1.29, 1.82) is 0 Å². The van der Waals surface area contributed by atoms with Gasteiger partial charge in [-0.15, -0.1) is 0 Å². The van der Waals surface area contributed by atoms with Gasteiger partial charge in [-0.3, -0.25) is 9.48 Å². The van der Waals surface area contributed by atoms with E-state index in [9.17, 15) is 4.79 Å². The van der Waals surface area contributed by atoms with Gasteiger partial charge in [0.25, 0.3) is 5.91 Å². The number of nitrogen functional groups attached to an aromatic ring is 1. The number of amides is 1. The molecule has 18 heavy (non-hydrogen) atoms. The first-order valence-electron chi connectivity index (χ1n) is 6.70. The van der Waals surface area contributed by atoms with E-state index in [1.54, 1.807) is 17.9 Å². The Morgan fingerprint density at radius 1 is 1.50 bits per heavy atom. The van der Waals surface area contributed by atoms with Crippen LogP contribution in [0.4, 0.5) is 5.69 Å². The molecule has 0 aromatic carbocycles. The summed E-state index contributed by atoms with van der Waals surface area (Å²) in [6.45, 7) is 2.23. The number of aromatic nitrogens is 2. The Labute approximate surface area is 108 Å². The molecule has 100 valence electrons. The number of carbonyl (C=O) groups is 1. The van der Waals surface area contributed by atoms with Crippen molar-refractivity contribution in [3.05, 3.63) is 11.9 Å². The van der Waals surface area contributed by atoms with E-state index in [1.165, 1.54) is 19.3 Å². The van der Waals surface area contributed by atoms with Gasteiger partial charge in [-0.05, 0) is 31.6 Å². The lowest BCUT2D eigenvalue weighted by Crippen LogP contribution is -2.38. The molecule has 0 spiro atoms. The Bertz CT molecular complexity index is 419. The van der Waals surface area contributed by atoms with Crippen molar-refractivity contribution in [2.75, 3.05) is 5.73 Å². The number of nitrogens with zero attached hydrogens (tertiary/aromatic N) is 2. The van der Waals surface area contributed by atoms with Gasteiger partial charge in [0.2, 0.25) is 0 Å². The number of aryl methyl sites for hydroxylation is 1. The maximum atomic E-state index is 12.0. The maximum Gasteiger partial charge on any atom is 0.274 e. The maximum absolute atomic E-state index is 12.0. The van der Waals surface area contributed by atoms with Crippen LogP contribution in [0.3, 0.4) is 0 Å². The normalized spacial score (nSPS) is 23.9. The Kier molecular flexibility index (Phi) is 3.89. The van der Waals surface area contributed by atoms with Crippen LogP contribution in [0.15, 0.2) is 6.20 Å². The summed E-state index contributed by atoms with van der Waals surface area (Å²) in [5.74, 6) is 0.686. The Hall–Kier alpha value is -1.52. The van der Waals surface area contributed by atoms with E-state index >= 15 is 0 Å². The van der Waals surface area contributed by atoms with Gasteiger partial charge >= 0.3 is 0 Å². The van der Waals surface area contributed by atoms with Crippen LogP contribution < -0.4 is 11.1 Å². The van der Waals surface area contributed by atoms with Gasteiger partial charge in [0.15, 0.2) is 5.69 Å². The molecule has 0 bridgehead atoms.